The van der Waals surface area contributed by atoms with Gasteiger partial charge in [-0.05, 0) is 54.9 Å². The summed E-state index contributed by atoms with van der Waals surface area (Å²) in [6, 6.07) is 15.0. The molecular formula is C26H27N3O. The van der Waals surface area contributed by atoms with Crippen molar-refractivity contribution < 1.29 is 4.79 Å². The Morgan fingerprint density at radius 2 is 1.83 bits per heavy atom. The summed E-state index contributed by atoms with van der Waals surface area (Å²) >= 11 is 0. The van der Waals surface area contributed by atoms with Crippen molar-refractivity contribution in [1.29, 1.82) is 0 Å². The molecule has 2 aromatic carbocycles. The zero-order valence-corrected chi connectivity index (χ0v) is 17.1. The topological polar surface area (TPSA) is 48.1 Å². The highest BCUT2D eigenvalue weighted by Gasteiger charge is 2.40. The summed E-state index contributed by atoms with van der Waals surface area (Å²) in [5.41, 5.74) is 5.61. The van der Waals surface area contributed by atoms with Gasteiger partial charge in [-0.3, -0.25) is 4.79 Å². The molecule has 3 heterocycles. The van der Waals surface area contributed by atoms with Gasteiger partial charge in [-0.2, -0.15) is 0 Å². The number of nitrogens with one attached hydrogen (secondary N) is 2. The van der Waals surface area contributed by atoms with Crippen LogP contribution in [0.1, 0.15) is 59.1 Å². The molecular weight excluding hydrogens is 370 g/mol. The Labute approximate surface area is 177 Å². The van der Waals surface area contributed by atoms with Gasteiger partial charge in [-0.1, -0.05) is 42.5 Å². The molecule has 2 aliphatic heterocycles. The van der Waals surface area contributed by atoms with Crippen LogP contribution in [-0.2, 0) is 0 Å². The molecule has 0 radical (unpaired) electrons. The Hall–Kier alpha value is -3.01. The number of hydrogen-bond donors (Lipinski definition) is 2. The fourth-order valence-electron chi connectivity index (χ4n) is 5.73. The van der Waals surface area contributed by atoms with Gasteiger partial charge in [-0.15, -0.1) is 0 Å². The number of likely N-dealkylation sites (tertiary alicyclic amines) is 1. The molecule has 4 heteroatoms. The fourth-order valence-corrected chi connectivity index (χ4v) is 5.73. The number of hydrogen-bond acceptors (Lipinski definition) is 2. The first-order valence-electron chi connectivity index (χ1n) is 11.2. The summed E-state index contributed by atoms with van der Waals surface area (Å²) in [5, 5.41) is 5.11. The van der Waals surface area contributed by atoms with Gasteiger partial charge in [0.15, 0.2) is 0 Å². The molecule has 2 N–H and O–H groups in total. The van der Waals surface area contributed by atoms with E-state index in [1.165, 1.54) is 28.5 Å². The number of amides is 1. The second-order valence-corrected chi connectivity index (χ2v) is 8.89. The van der Waals surface area contributed by atoms with Gasteiger partial charge < -0.3 is 15.2 Å². The van der Waals surface area contributed by atoms with Gasteiger partial charge in [-0.25, -0.2) is 0 Å². The highest BCUT2D eigenvalue weighted by Crippen LogP contribution is 2.51. The van der Waals surface area contributed by atoms with Gasteiger partial charge in [0.2, 0.25) is 0 Å². The molecule has 3 aromatic rings. The molecule has 0 bridgehead atoms. The van der Waals surface area contributed by atoms with Crippen molar-refractivity contribution in [3.8, 4) is 0 Å². The van der Waals surface area contributed by atoms with Crippen LogP contribution in [0.25, 0.3) is 10.9 Å². The third-order valence-electron chi connectivity index (χ3n) is 7.23. The monoisotopic (exact) mass is 397 g/mol. The molecule has 4 nitrogen and oxygen atoms in total. The molecule has 0 saturated carbocycles. The minimum absolute atomic E-state index is 0.178. The smallest absolute Gasteiger partial charge is 0.255 e. The van der Waals surface area contributed by atoms with E-state index < -0.39 is 0 Å². The normalized spacial score (nSPS) is 25.1. The van der Waals surface area contributed by atoms with Gasteiger partial charge in [0.05, 0.1) is 17.3 Å². The second kappa shape index (κ2) is 7.05. The molecule has 1 aromatic heterocycles. The number of para-hydroxylation sites is 2. The van der Waals surface area contributed by atoms with Crippen LogP contribution in [0.4, 0.5) is 5.69 Å². The predicted octanol–water partition coefficient (Wildman–Crippen LogP) is 5.62. The average molecular weight is 398 g/mol. The van der Waals surface area contributed by atoms with E-state index in [1.807, 2.05) is 11.0 Å². The van der Waals surface area contributed by atoms with Crippen molar-refractivity contribution in [2.24, 2.45) is 5.92 Å². The van der Waals surface area contributed by atoms with Crippen molar-refractivity contribution >= 4 is 22.5 Å². The number of aromatic amines is 1. The van der Waals surface area contributed by atoms with Crippen molar-refractivity contribution in [2.75, 3.05) is 18.4 Å². The number of nitrogens with zero attached hydrogens (tertiary/aromatic N) is 1. The largest absolute Gasteiger partial charge is 0.377 e. The molecule has 6 rings (SSSR count). The zero-order valence-electron chi connectivity index (χ0n) is 17.1. The summed E-state index contributed by atoms with van der Waals surface area (Å²) in [5.74, 6) is 1.00. The van der Waals surface area contributed by atoms with Gasteiger partial charge in [0.1, 0.15) is 0 Å². The van der Waals surface area contributed by atoms with Crippen LogP contribution in [-0.4, -0.2) is 28.9 Å². The SMILES string of the molecule is O=C(c1cccc2c1NC(c1c[nH]c3ccccc13)C1CC=CC21)N1CCCCC1. The standard InChI is InChI=1S/C26H27N3O/c30-26(29-14-4-1-5-15-29)21-12-7-11-19-17-9-6-10-20(17)25(28-24(19)21)22-16-27-23-13-3-2-8-18(22)23/h2-3,6-9,11-13,16-17,20,25,27-28H,1,4-5,10,14-15H2. The Morgan fingerprint density at radius 1 is 0.967 bits per heavy atom. The molecule has 1 aliphatic carbocycles. The van der Waals surface area contributed by atoms with Gasteiger partial charge in [0, 0.05) is 36.1 Å². The first kappa shape index (κ1) is 17.8. The van der Waals surface area contributed by atoms with Crippen molar-refractivity contribution in [1.82, 2.24) is 9.88 Å². The molecule has 1 fully saturated rings. The maximum absolute atomic E-state index is 13.4. The maximum atomic E-state index is 13.4. The number of fused-ring (bicyclic) bond motifs is 4. The van der Waals surface area contributed by atoms with Gasteiger partial charge in [0.25, 0.3) is 5.91 Å². The Bertz CT molecular complexity index is 1140. The third-order valence-corrected chi connectivity index (χ3v) is 7.23. The van der Waals surface area contributed by atoms with E-state index in [0.717, 1.165) is 43.6 Å². The average Bonchev–Trinajstić information content (AvgIpc) is 3.46. The Morgan fingerprint density at radius 3 is 2.73 bits per heavy atom. The first-order valence-corrected chi connectivity index (χ1v) is 11.2. The maximum Gasteiger partial charge on any atom is 0.255 e. The lowest BCUT2D eigenvalue weighted by Crippen LogP contribution is -2.37. The fraction of sp³-hybridized carbons (Fsp3) is 0.346. The number of allylic oxidation sites excluding steroid dienone is 2. The summed E-state index contributed by atoms with van der Waals surface area (Å²) < 4.78 is 0. The van der Waals surface area contributed by atoms with Crippen LogP contribution in [0.5, 0.6) is 0 Å². The Kier molecular flexibility index (Phi) is 4.19. The van der Waals surface area contributed by atoms with E-state index in [-0.39, 0.29) is 11.9 Å². The van der Waals surface area contributed by atoms with Crippen LogP contribution in [0.3, 0.4) is 0 Å². The van der Waals surface area contributed by atoms with Crippen LogP contribution in [0.2, 0.25) is 0 Å². The highest BCUT2D eigenvalue weighted by molar-refractivity contribution is 6.01. The second-order valence-electron chi connectivity index (χ2n) is 8.89. The number of piperidine rings is 1. The predicted molar refractivity (Wildman–Crippen MR) is 121 cm³/mol. The van der Waals surface area contributed by atoms with E-state index in [4.69, 9.17) is 0 Å². The molecule has 1 amide bonds. The lowest BCUT2D eigenvalue weighted by Gasteiger charge is -2.38. The third kappa shape index (κ3) is 2.70. The van der Waals surface area contributed by atoms with Gasteiger partial charge >= 0.3 is 0 Å². The number of carbonyl (C=O) groups is 1. The molecule has 0 spiro atoms. The van der Waals surface area contributed by atoms with E-state index in [1.54, 1.807) is 0 Å². The lowest BCUT2D eigenvalue weighted by molar-refractivity contribution is 0.0725. The molecule has 152 valence electrons. The number of benzene rings is 2. The van der Waals surface area contributed by atoms with Crippen molar-refractivity contribution in [3.05, 3.63) is 77.5 Å². The summed E-state index contributed by atoms with van der Waals surface area (Å²) in [6.45, 7) is 1.75. The number of rotatable bonds is 2. The van der Waals surface area contributed by atoms with Crippen LogP contribution in [0, 0.1) is 5.92 Å². The number of carbonyl (C=O) groups excluding carboxylic acids is 1. The van der Waals surface area contributed by atoms with E-state index in [2.05, 4.69) is 65.0 Å². The summed E-state index contributed by atoms with van der Waals surface area (Å²) in [4.78, 5) is 18.9. The lowest BCUT2D eigenvalue weighted by atomic mass is 9.76. The van der Waals surface area contributed by atoms with E-state index in [0.29, 0.717) is 11.8 Å². The number of H-pyrrole nitrogens is 1. The molecule has 3 aliphatic rings. The minimum Gasteiger partial charge on any atom is -0.377 e. The van der Waals surface area contributed by atoms with E-state index in [9.17, 15) is 4.79 Å². The van der Waals surface area contributed by atoms with E-state index >= 15 is 0 Å². The summed E-state index contributed by atoms with van der Waals surface area (Å²) in [7, 11) is 0. The minimum atomic E-state index is 0.178. The number of aromatic nitrogens is 1. The van der Waals surface area contributed by atoms with Crippen LogP contribution >= 0.6 is 0 Å². The highest BCUT2D eigenvalue weighted by atomic mass is 16.2. The van der Waals surface area contributed by atoms with Crippen LogP contribution in [0.15, 0.2) is 60.8 Å². The molecule has 3 unspecified atom stereocenters. The summed E-state index contributed by atoms with van der Waals surface area (Å²) in [6.07, 6.45) is 11.3. The molecule has 30 heavy (non-hydrogen) atoms. The number of anilines is 1. The first-order chi connectivity index (χ1) is 14.8. The zero-order chi connectivity index (χ0) is 20.1. The quantitative estimate of drug-likeness (QED) is 0.551. The van der Waals surface area contributed by atoms with Crippen molar-refractivity contribution in [3.63, 3.8) is 0 Å². The molecule has 1 saturated heterocycles. The van der Waals surface area contributed by atoms with Crippen molar-refractivity contribution in [2.45, 2.75) is 37.6 Å². The molecule has 3 atom stereocenters. The van der Waals surface area contributed by atoms with Crippen LogP contribution < -0.4 is 5.32 Å². The Balaban J connectivity index is 1.44.